The molecule has 1 saturated heterocycles. The zero-order chi connectivity index (χ0) is 16.9. The summed E-state index contributed by atoms with van der Waals surface area (Å²) in [6.45, 7) is 6.53. The molecule has 0 atom stereocenters. The zero-order valence-electron chi connectivity index (χ0n) is 14.0. The lowest BCUT2D eigenvalue weighted by atomic mass is 10.2. The van der Waals surface area contributed by atoms with E-state index in [1.54, 1.807) is 11.3 Å². The van der Waals surface area contributed by atoms with Crippen LogP contribution in [-0.2, 0) is 6.54 Å². The van der Waals surface area contributed by atoms with Crippen LogP contribution in [-0.4, -0.2) is 49.1 Å². The second-order valence-corrected chi connectivity index (χ2v) is 7.03. The molecule has 0 amide bonds. The highest BCUT2D eigenvalue weighted by Gasteiger charge is 2.21. The van der Waals surface area contributed by atoms with Crippen LogP contribution in [0, 0.1) is 6.92 Å². The Bertz CT molecular complexity index is 707. The second-order valence-electron chi connectivity index (χ2n) is 5.69. The van der Waals surface area contributed by atoms with Crippen molar-refractivity contribution in [3.8, 4) is 0 Å². The highest BCUT2D eigenvalue weighted by molar-refractivity contribution is 7.09. The summed E-state index contributed by atoms with van der Waals surface area (Å²) >= 11 is 7.99. The predicted octanol–water partition coefficient (Wildman–Crippen LogP) is 3.00. The largest absolute Gasteiger partial charge is 0.367 e. The van der Waals surface area contributed by atoms with Crippen molar-refractivity contribution < 1.29 is 0 Å². The van der Waals surface area contributed by atoms with Gasteiger partial charge in [-0.1, -0.05) is 23.7 Å². The molecular weight excluding hydrogens is 342 g/mol. The van der Waals surface area contributed by atoms with Crippen LogP contribution < -0.4 is 10.2 Å². The third-order valence-corrected chi connectivity index (χ3v) is 5.49. The summed E-state index contributed by atoms with van der Waals surface area (Å²) in [7, 11) is 1.84. The number of piperazine rings is 1. The summed E-state index contributed by atoms with van der Waals surface area (Å²) in [5.74, 6) is 0.946. The van der Waals surface area contributed by atoms with Crippen LogP contribution in [0.4, 0.5) is 5.69 Å². The summed E-state index contributed by atoms with van der Waals surface area (Å²) in [6.07, 6.45) is 0. The summed E-state index contributed by atoms with van der Waals surface area (Å²) < 4.78 is 0. The molecule has 1 aliphatic rings. The van der Waals surface area contributed by atoms with Crippen molar-refractivity contribution in [2.75, 3.05) is 38.1 Å². The van der Waals surface area contributed by atoms with Gasteiger partial charge in [0.2, 0.25) is 0 Å². The molecule has 3 rings (SSSR count). The van der Waals surface area contributed by atoms with Crippen molar-refractivity contribution in [2.45, 2.75) is 13.5 Å². The number of rotatable bonds is 3. The molecule has 0 bridgehead atoms. The van der Waals surface area contributed by atoms with Gasteiger partial charge in [-0.15, -0.1) is 11.3 Å². The van der Waals surface area contributed by atoms with Crippen LogP contribution in [0.2, 0.25) is 5.02 Å². The molecule has 0 unspecified atom stereocenters. The molecule has 1 fully saturated rings. The molecule has 1 aromatic carbocycles. The molecule has 24 heavy (non-hydrogen) atoms. The van der Waals surface area contributed by atoms with Gasteiger partial charge in [-0.25, -0.2) is 4.98 Å². The number of hydrogen-bond acceptors (Lipinski definition) is 4. The molecule has 5 nitrogen and oxygen atoms in total. The van der Waals surface area contributed by atoms with E-state index >= 15 is 0 Å². The molecule has 128 valence electrons. The summed E-state index contributed by atoms with van der Waals surface area (Å²) in [4.78, 5) is 14.6. The van der Waals surface area contributed by atoms with Gasteiger partial charge in [0.1, 0.15) is 0 Å². The van der Waals surface area contributed by atoms with Gasteiger partial charge in [0, 0.05) is 38.1 Å². The fourth-order valence-electron chi connectivity index (χ4n) is 2.85. The van der Waals surface area contributed by atoms with Crippen LogP contribution in [0.15, 0.2) is 34.8 Å². The van der Waals surface area contributed by atoms with Crippen LogP contribution in [0.5, 0.6) is 0 Å². The summed E-state index contributed by atoms with van der Waals surface area (Å²) in [5.41, 5.74) is 4.09. The molecule has 2 aromatic rings. The standard InChI is InChI=1S/C17H22ClN5S/c1-13-16(24-12-21-13)11-20-17(19-2)23-9-7-22(8-10-23)15-6-4-3-5-14(15)18/h3-6,12H,7-11H2,1-2H3,(H,19,20). The van der Waals surface area contributed by atoms with Crippen molar-refractivity contribution >= 4 is 34.6 Å². The number of halogens is 1. The Kier molecular flexibility index (Phi) is 5.58. The van der Waals surface area contributed by atoms with Crippen LogP contribution in [0.3, 0.4) is 0 Å². The topological polar surface area (TPSA) is 43.8 Å². The first kappa shape index (κ1) is 17.0. The zero-order valence-corrected chi connectivity index (χ0v) is 15.6. The van der Waals surface area contributed by atoms with E-state index < -0.39 is 0 Å². The fraction of sp³-hybridized carbons (Fsp3) is 0.412. The predicted molar refractivity (Wildman–Crippen MR) is 102 cm³/mol. The number of nitrogens with zero attached hydrogens (tertiary/aromatic N) is 4. The number of guanidine groups is 1. The van der Waals surface area contributed by atoms with Crippen molar-refractivity contribution in [3.63, 3.8) is 0 Å². The number of hydrogen-bond donors (Lipinski definition) is 1. The van der Waals surface area contributed by atoms with E-state index in [9.17, 15) is 0 Å². The van der Waals surface area contributed by atoms with Crippen molar-refractivity contribution in [2.24, 2.45) is 4.99 Å². The van der Waals surface area contributed by atoms with E-state index in [1.807, 2.05) is 37.7 Å². The SMILES string of the molecule is CN=C(NCc1scnc1C)N1CCN(c2ccccc2Cl)CC1. The number of aryl methyl sites for hydroxylation is 1. The Morgan fingerprint density at radius 2 is 2.04 bits per heavy atom. The second kappa shape index (κ2) is 7.85. The lowest BCUT2D eigenvalue weighted by molar-refractivity contribution is 0.372. The first-order valence-corrected chi connectivity index (χ1v) is 9.29. The lowest BCUT2D eigenvalue weighted by Crippen LogP contribution is -2.52. The number of nitrogens with one attached hydrogen (secondary N) is 1. The number of para-hydroxylation sites is 1. The smallest absolute Gasteiger partial charge is 0.194 e. The molecular formula is C17H22ClN5S. The average molecular weight is 364 g/mol. The van der Waals surface area contributed by atoms with Crippen LogP contribution in [0.25, 0.3) is 0 Å². The van der Waals surface area contributed by atoms with E-state index in [2.05, 4.69) is 31.2 Å². The minimum Gasteiger partial charge on any atom is -0.367 e. The summed E-state index contributed by atoms with van der Waals surface area (Å²) in [6, 6.07) is 8.03. The molecule has 0 aliphatic carbocycles. The van der Waals surface area contributed by atoms with Crippen molar-refractivity contribution in [1.29, 1.82) is 0 Å². The highest BCUT2D eigenvalue weighted by atomic mass is 35.5. The Labute approximate surface area is 152 Å². The van der Waals surface area contributed by atoms with E-state index in [0.29, 0.717) is 0 Å². The molecule has 7 heteroatoms. The van der Waals surface area contributed by atoms with Gasteiger partial charge in [-0.2, -0.15) is 0 Å². The number of benzene rings is 1. The minimum atomic E-state index is 0.772. The monoisotopic (exact) mass is 363 g/mol. The Morgan fingerprint density at radius 1 is 1.29 bits per heavy atom. The van der Waals surface area contributed by atoms with Gasteiger partial charge in [-0.3, -0.25) is 4.99 Å². The summed E-state index contributed by atoms with van der Waals surface area (Å²) in [5, 5.41) is 4.26. The molecule has 1 aromatic heterocycles. The maximum atomic E-state index is 6.31. The van der Waals surface area contributed by atoms with Crippen LogP contribution >= 0.6 is 22.9 Å². The number of anilines is 1. The maximum absolute atomic E-state index is 6.31. The average Bonchev–Trinajstić information content (AvgIpc) is 3.02. The third kappa shape index (κ3) is 3.82. The Hall–Kier alpha value is -1.79. The van der Waals surface area contributed by atoms with Gasteiger partial charge in [0.05, 0.1) is 28.5 Å². The normalized spacial score (nSPS) is 15.7. The Balaban J connectivity index is 1.57. The molecule has 0 radical (unpaired) electrons. The van der Waals surface area contributed by atoms with Crippen molar-refractivity contribution in [1.82, 2.24) is 15.2 Å². The molecule has 0 saturated carbocycles. The quantitative estimate of drug-likeness (QED) is 0.672. The third-order valence-electron chi connectivity index (χ3n) is 4.24. The van der Waals surface area contributed by atoms with E-state index in [0.717, 1.165) is 55.1 Å². The highest BCUT2D eigenvalue weighted by Crippen LogP contribution is 2.26. The minimum absolute atomic E-state index is 0.772. The molecule has 1 N–H and O–H groups in total. The first-order valence-electron chi connectivity index (χ1n) is 8.03. The van der Waals surface area contributed by atoms with Crippen LogP contribution in [0.1, 0.15) is 10.6 Å². The van der Waals surface area contributed by atoms with Gasteiger partial charge < -0.3 is 15.1 Å². The van der Waals surface area contributed by atoms with Gasteiger partial charge >= 0.3 is 0 Å². The van der Waals surface area contributed by atoms with Crippen molar-refractivity contribution in [3.05, 3.63) is 45.4 Å². The van der Waals surface area contributed by atoms with E-state index in [1.165, 1.54) is 4.88 Å². The number of aromatic nitrogens is 1. The fourth-order valence-corrected chi connectivity index (χ4v) is 3.83. The molecule has 0 spiro atoms. The molecule has 1 aliphatic heterocycles. The van der Waals surface area contributed by atoms with Gasteiger partial charge in [0.15, 0.2) is 5.96 Å². The number of thiazole rings is 1. The first-order chi connectivity index (χ1) is 11.7. The van der Waals surface area contributed by atoms with Gasteiger partial charge in [0.25, 0.3) is 0 Å². The van der Waals surface area contributed by atoms with Gasteiger partial charge in [-0.05, 0) is 19.1 Å². The molecule has 2 heterocycles. The lowest BCUT2D eigenvalue weighted by Gasteiger charge is -2.38. The number of aliphatic imine (C=N–C) groups is 1. The van der Waals surface area contributed by atoms with E-state index in [-0.39, 0.29) is 0 Å². The Morgan fingerprint density at radius 3 is 2.67 bits per heavy atom. The maximum Gasteiger partial charge on any atom is 0.194 e. The van der Waals surface area contributed by atoms with E-state index in [4.69, 9.17) is 11.6 Å².